The molecule has 0 aliphatic heterocycles. The first kappa shape index (κ1) is 19.3. The molecule has 0 aromatic heterocycles. The molecule has 0 fully saturated rings. The van der Waals surface area contributed by atoms with Crippen LogP contribution in [0.5, 0.6) is 0 Å². The fourth-order valence-corrected chi connectivity index (χ4v) is 2.74. The second-order valence-electron chi connectivity index (χ2n) is 5.67. The van der Waals surface area contributed by atoms with Gasteiger partial charge in [-0.3, -0.25) is 0 Å². The van der Waals surface area contributed by atoms with Crippen molar-refractivity contribution in [3.05, 3.63) is 0 Å². The average Bonchev–Trinajstić information content (AvgIpc) is 2.34. The number of hydrogen-bond donors (Lipinski definition) is 2. The quantitative estimate of drug-likeness (QED) is 0.357. The molecule has 0 spiro atoms. The van der Waals surface area contributed by atoms with Crippen molar-refractivity contribution in [1.82, 2.24) is 0 Å². The number of hydrogen-bond acceptors (Lipinski definition) is 3. The molecule has 0 aliphatic rings. The van der Waals surface area contributed by atoms with Gasteiger partial charge in [0, 0.05) is 0 Å². The van der Waals surface area contributed by atoms with Crippen LogP contribution in [0.2, 0.25) is 0 Å². The Morgan fingerprint density at radius 3 is 1.42 bits per heavy atom. The summed E-state index contributed by atoms with van der Waals surface area (Å²) in [5, 5.41) is 0. The molecule has 0 aliphatic carbocycles. The Hall–Kier alpha value is 0.310. The number of rotatable bonds is 14. The monoisotopic (exact) mass is 294 g/mol. The molecule has 118 valence electrons. The average molecular weight is 294 g/mol. The summed E-state index contributed by atoms with van der Waals surface area (Å²) in [5.74, 6) is 0. The molecule has 0 bridgehead atoms. The Morgan fingerprint density at radius 1 is 0.684 bits per heavy atom. The first-order chi connectivity index (χ1) is 9.06. The summed E-state index contributed by atoms with van der Waals surface area (Å²) in [6.45, 7) is 4.13. The van der Waals surface area contributed by atoms with Crippen LogP contribution < -0.4 is 0 Å². The van der Waals surface area contributed by atoms with E-state index in [9.17, 15) is 0 Å². The molecule has 0 amide bonds. The molecule has 4 heteroatoms. The van der Waals surface area contributed by atoms with Crippen LogP contribution in [-0.2, 0) is 4.52 Å². The van der Waals surface area contributed by atoms with Gasteiger partial charge in [0.1, 0.15) is 0 Å². The Bertz CT molecular complexity index is 181. The molecule has 19 heavy (non-hydrogen) atoms. The topological polar surface area (TPSA) is 49.7 Å². The van der Waals surface area contributed by atoms with Crippen LogP contribution in [0.3, 0.4) is 0 Å². The van der Waals surface area contributed by atoms with Crippen LogP contribution in [0.15, 0.2) is 0 Å². The first-order valence-corrected chi connectivity index (χ1v) is 10.4. The maximum absolute atomic E-state index is 9.07. The molecule has 0 unspecified atom stereocenters. The van der Waals surface area contributed by atoms with Gasteiger partial charge in [0.05, 0.1) is 0 Å². The van der Waals surface area contributed by atoms with Gasteiger partial charge in [0.25, 0.3) is 0 Å². The Morgan fingerprint density at radius 2 is 1.05 bits per heavy atom. The van der Waals surface area contributed by atoms with Gasteiger partial charge in [-0.1, -0.05) is 19.8 Å². The van der Waals surface area contributed by atoms with Gasteiger partial charge < -0.3 is 0 Å². The molecule has 0 saturated heterocycles. The van der Waals surface area contributed by atoms with E-state index in [0.29, 0.717) is 6.61 Å². The van der Waals surface area contributed by atoms with Crippen molar-refractivity contribution in [3.63, 3.8) is 0 Å². The molecule has 0 aromatic rings. The normalized spacial score (nSPS) is 12.8. The molecule has 2 N–H and O–H groups in total. The summed E-state index contributed by atoms with van der Waals surface area (Å²) >= 11 is 0. The summed E-state index contributed by atoms with van der Waals surface area (Å²) in [7, 11) is -3.26. The summed E-state index contributed by atoms with van der Waals surface area (Å²) in [6.07, 6.45) is 15.7. The summed E-state index contributed by atoms with van der Waals surface area (Å²) in [5.41, 5.74) is 0. The van der Waals surface area contributed by atoms with Crippen molar-refractivity contribution < 1.29 is 14.3 Å². The summed E-state index contributed by atoms with van der Waals surface area (Å²) in [4.78, 5) is 18.1. The SMILES string of the molecule is CCCCCCCCCCCCCCO[PH](C)(O)O. The third-order valence-electron chi connectivity index (χ3n) is 3.37. The van der Waals surface area contributed by atoms with E-state index in [4.69, 9.17) is 14.3 Å². The number of unbranched alkanes of at least 4 members (excludes halogenated alkanes) is 11. The van der Waals surface area contributed by atoms with E-state index in [-0.39, 0.29) is 0 Å². The van der Waals surface area contributed by atoms with Gasteiger partial charge in [-0.25, -0.2) is 0 Å². The summed E-state index contributed by atoms with van der Waals surface area (Å²) in [6, 6.07) is 0. The van der Waals surface area contributed by atoms with Gasteiger partial charge in [-0.15, -0.1) is 0 Å². The van der Waals surface area contributed by atoms with Crippen molar-refractivity contribution in [1.29, 1.82) is 0 Å². The van der Waals surface area contributed by atoms with Crippen LogP contribution in [0, 0.1) is 0 Å². The molecular formula is C15H35O3P. The second-order valence-corrected chi connectivity index (χ2v) is 7.83. The zero-order valence-electron chi connectivity index (χ0n) is 13.0. The van der Waals surface area contributed by atoms with Crippen molar-refractivity contribution >= 4 is 7.94 Å². The second kappa shape index (κ2) is 13.3. The predicted molar refractivity (Wildman–Crippen MR) is 85.7 cm³/mol. The van der Waals surface area contributed by atoms with E-state index in [1.807, 2.05) is 0 Å². The first-order valence-electron chi connectivity index (χ1n) is 8.15. The molecule has 0 atom stereocenters. The van der Waals surface area contributed by atoms with E-state index in [1.54, 1.807) is 0 Å². The third kappa shape index (κ3) is 18.3. The molecule has 0 saturated carbocycles. The van der Waals surface area contributed by atoms with E-state index in [1.165, 1.54) is 70.9 Å². The van der Waals surface area contributed by atoms with E-state index in [2.05, 4.69) is 6.92 Å². The van der Waals surface area contributed by atoms with Crippen molar-refractivity contribution in [2.45, 2.75) is 84.0 Å². The standard InChI is InChI=1S/C15H35O3P/c1-3-4-5-6-7-8-9-10-11-12-13-14-15-18-19(2,16)17/h16-17,19H,3-15H2,1-2H3. The van der Waals surface area contributed by atoms with E-state index >= 15 is 0 Å². The van der Waals surface area contributed by atoms with Crippen LogP contribution in [0.25, 0.3) is 0 Å². The Kier molecular flexibility index (Phi) is 13.5. The fourth-order valence-electron chi connectivity index (χ4n) is 2.21. The van der Waals surface area contributed by atoms with Crippen molar-refractivity contribution in [2.75, 3.05) is 13.3 Å². The van der Waals surface area contributed by atoms with E-state index < -0.39 is 7.94 Å². The van der Waals surface area contributed by atoms with Gasteiger partial charge in [0.15, 0.2) is 0 Å². The van der Waals surface area contributed by atoms with Crippen molar-refractivity contribution in [3.8, 4) is 0 Å². The Labute approximate surface area is 120 Å². The summed E-state index contributed by atoms with van der Waals surface area (Å²) < 4.78 is 4.97. The Balaban J connectivity index is 2.99. The molecule has 0 radical (unpaired) electrons. The van der Waals surface area contributed by atoms with Gasteiger partial charge >= 0.3 is 99.7 Å². The van der Waals surface area contributed by atoms with Gasteiger partial charge in [0.2, 0.25) is 0 Å². The maximum atomic E-state index is 9.07. The van der Waals surface area contributed by atoms with Gasteiger partial charge in [-0.2, -0.15) is 0 Å². The zero-order chi connectivity index (χ0) is 14.4. The molecule has 3 nitrogen and oxygen atoms in total. The third-order valence-corrected chi connectivity index (χ3v) is 4.12. The molecule has 0 rings (SSSR count). The minimum atomic E-state index is -3.26. The fraction of sp³-hybridized carbons (Fsp3) is 1.00. The molecule has 0 aromatic carbocycles. The molecular weight excluding hydrogens is 259 g/mol. The minimum absolute atomic E-state index is 0.493. The van der Waals surface area contributed by atoms with Crippen LogP contribution in [0.4, 0.5) is 0 Å². The van der Waals surface area contributed by atoms with Crippen LogP contribution in [-0.4, -0.2) is 23.1 Å². The van der Waals surface area contributed by atoms with Crippen molar-refractivity contribution in [2.24, 2.45) is 0 Å². The van der Waals surface area contributed by atoms with E-state index in [0.717, 1.165) is 12.8 Å². The van der Waals surface area contributed by atoms with Gasteiger partial charge in [-0.05, 0) is 0 Å². The van der Waals surface area contributed by atoms with Crippen LogP contribution >= 0.6 is 7.94 Å². The van der Waals surface area contributed by atoms with Crippen LogP contribution in [0.1, 0.15) is 84.0 Å². The zero-order valence-corrected chi connectivity index (χ0v) is 14.0. The molecule has 0 heterocycles. The predicted octanol–water partition coefficient (Wildman–Crippen LogP) is 4.81.